The minimum absolute atomic E-state index is 0.569. The highest BCUT2D eigenvalue weighted by atomic mass is 79.9. The van der Waals surface area contributed by atoms with Gasteiger partial charge in [-0.2, -0.15) is 0 Å². The molecule has 2 rings (SSSR count). The summed E-state index contributed by atoms with van der Waals surface area (Å²) in [6, 6.07) is 6.75. The van der Waals surface area contributed by atoms with Gasteiger partial charge in [-0.05, 0) is 30.0 Å². The van der Waals surface area contributed by atoms with Crippen molar-refractivity contribution in [3.63, 3.8) is 0 Å². The van der Waals surface area contributed by atoms with E-state index >= 15 is 0 Å². The van der Waals surface area contributed by atoms with E-state index in [4.69, 9.17) is 0 Å². The summed E-state index contributed by atoms with van der Waals surface area (Å²) in [4.78, 5) is 0.569. The van der Waals surface area contributed by atoms with Crippen molar-refractivity contribution in [3.8, 4) is 0 Å². The first-order valence-corrected chi connectivity index (χ1v) is 5.67. The Bertz CT molecular complexity index is 307. The van der Waals surface area contributed by atoms with Crippen LogP contribution in [0.1, 0.15) is 18.1 Å². The molecule has 0 fully saturated rings. The summed E-state index contributed by atoms with van der Waals surface area (Å²) in [7, 11) is 0. The van der Waals surface area contributed by atoms with Gasteiger partial charge in [-0.3, -0.25) is 0 Å². The minimum Gasteiger partial charge on any atom is -0.384 e. The van der Waals surface area contributed by atoms with Crippen LogP contribution in [-0.2, 0) is 12.8 Å². The van der Waals surface area contributed by atoms with Crippen LogP contribution in [0.3, 0.4) is 0 Å². The number of alkyl halides is 1. The van der Waals surface area contributed by atoms with Gasteiger partial charge in [0.2, 0.25) is 0 Å². The van der Waals surface area contributed by atoms with Gasteiger partial charge in [-0.25, -0.2) is 0 Å². The summed E-state index contributed by atoms with van der Waals surface area (Å²) in [5.74, 6) is 0. The van der Waals surface area contributed by atoms with Crippen LogP contribution in [0.5, 0.6) is 0 Å². The van der Waals surface area contributed by atoms with E-state index in [0.717, 1.165) is 13.0 Å². The summed E-state index contributed by atoms with van der Waals surface area (Å²) < 4.78 is 0. The maximum atomic E-state index is 3.58. The quantitative estimate of drug-likeness (QED) is 0.783. The third kappa shape index (κ3) is 2.05. The topological polar surface area (TPSA) is 12.0 Å². The molecular weight excluding hydrogens is 226 g/mol. The predicted octanol–water partition coefficient (Wildman–Crippen LogP) is 2.98. The minimum atomic E-state index is 0.569. The van der Waals surface area contributed by atoms with Crippen LogP contribution < -0.4 is 5.32 Å². The van der Waals surface area contributed by atoms with Gasteiger partial charge in [0.05, 0.1) is 0 Å². The Morgan fingerprint density at radius 2 is 2.38 bits per heavy atom. The number of nitrogens with one attached hydrogen (secondary N) is 1. The number of rotatable bonds is 2. The van der Waals surface area contributed by atoms with Gasteiger partial charge in [-0.1, -0.05) is 35.0 Å². The van der Waals surface area contributed by atoms with Gasteiger partial charge in [0.1, 0.15) is 0 Å². The first-order valence-electron chi connectivity index (χ1n) is 4.75. The van der Waals surface area contributed by atoms with E-state index in [1.807, 2.05) is 0 Å². The Balaban J connectivity index is 2.21. The lowest BCUT2D eigenvalue weighted by molar-refractivity contribution is 0.956. The molecule has 1 aliphatic rings. The fraction of sp³-hybridized carbons (Fsp3) is 0.455. The van der Waals surface area contributed by atoms with Crippen LogP contribution in [0.2, 0.25) is 0 Å². The van der Waals surface area contributed by atoms with Gasteiger partial charge in [0, 0.05) is 17.1 Å². The van der Waals surface area contributed by atoms with Gasteiger partial charge >= 0.3 is 0 Å². The number of benzene rings is 1. The summed E-state index contributed by atoms with van der Waals surface area (Å²) >= 11 is 3.58. The van der Waals surface area contributed by atoms with E-state index in [9.17, 15) is 0 Å². The molecule has 1 aliphatic heterocycles. The van der Waals surface area contributed by atoms with E-state index in [-0.39, 0.29) is 0 Å². The highest BCUT2D eigenvalue weighted by Crippen LogP contribution is 2.24. The zero-order valence-corrected chi connectivity index (χ0v) is 9.39. The first-order chi connectivity index (χ1) is 6.25. The Morgan fingerprint density at radius 1 is 1.54 bits per heavy atom. The number of anilines is 1. The third-order valence-corrected chi connectivity index (χ3v) is 2.72. The lowest BCUT2D eigenvalue weighted by atomic mass is 10.1. The molecule has 70 valence electrons. The fourth-order valence-corrected chi connectivity index (χ4v) is 2.18. The van der Waals surface area contributed by atoms with Crippen molar-refractivity contribution in [1.29, 1.82) is 0 Å². The van der Waals surface area contributed by atoms with Crippen molar-refractivity contribution in [2.24, 2.45) is 0 Å². The van der Waals surface area contributed by atoms with Crippen molar-refractivity contribution in [2.75, 3.05) is 11.9 Å². The van der Waals surface area contributed by atoms with E-state index in [0.29, 0.717) is 4.83 Å². The monoisotopic (exact) mass is 239 g/mol. The first kappa shape index (κ1) is 9.07. The highest BCUT2D eigenvalue weighted by molar-refractivity contribution is 9.09. The van der Waals surface area contributed by atoms with E-state index in [1.165, 1.54) is 23.2 Å². The zero-order valence-electron chi connectivity index (χ0n) is 7.81. The molecular formula is C11H14BrN. The Labute approximate surface area is 87.7 Å². The third-order valence-electron chi connectivity index (χ3n) is 2.40. The second-order valence-electron chi connectivity index (χ2n) is 3.65. The SMILES string of the molecule is CC(Br)Cc1ccc2c(c1)CCN2. The Kier molecular flexibility index (Phi) is 2.58. The molecule has 0 amide bonds. The number of hydrogen-bond donors (Lipinski definition) is 1. The van der Waals surface area contributed by atoms with Gasteiger partial charge in [0.25, 0.3) is 0 Å². The molecule has 0 bridgehead atoms. The normalized spacial score (nSPS) is 16.5. The summed E-state index contributed by atoms with van der Waals surface area (Å²) in [6.45, 7) is 3.29. The molecule has 2 heteroatoms. The molecule has 1 unspecified atom stereocenters. The maximum Gasteiger partial charge on any atom is 0.0373 e. The van der Waals surface area contributed by atoms with Gasteiger partial charge in [-0.15, -0.1) is 0 Å². The summed E-state index contributed by atoms with van der Waals surface area (Å²) in [5, 5.41) is 3.37. The molecule has 1 aromatic carbocycles. The number of fused-ring (bicyclic) bond motifs is 1. The van der Waals surface area contributed by atoms with Crippen molar-refractivity contribution in [1.82, 2.24) is 0 Å². The van der Waals surface area contributed by atoms with Crippen LogP contribution in [-0.4, -0.2) is 11.4 Å². The average Bonchev–Trinajstić information content (AvgIpc) is 2.49. The molecule has 1 atom stereocenters. The number of halogens is 1. The van der Waals surface area contributed by atoms with Crippen LogP contribution in [0, 0.1) is 0 Å². The van der Waals surface area contributed by atoms with Crippen molar-refractivity contribution >= 4 is 21.6 Å². The van der Waals surface area contributed by atoms with Crippen LogP contribution in [0.4, 0.5) is 5.69 Å². The molecule has 0 spiro atoms. The van der Waals surface area contributed by atoms with Crippen LogP contribution in [0.15, 0.2) is 18.2 Å². The lowest BCUT2D eigenvalue weighted by Crippen LogP contribution is -1.96. The Hall–Kier alpha value is -0.500. The second kappa shape index (κ2) is 3.70. The standard InChI is InChI=1S/C11H14BrN/c1-8(12)6-9-2-3-11-10(7-9)4-5-13-11/h2-3,7-8,13H,4-6H2,1H3. The van der Waals surface area contributed by atoms with E-state index in [2.05, 4.69) is 46.4 Å². The molecule has 0 saturated heterocycles. The molecule has 0 radical (unpaired) electrons. The molecule has 0 aliphatic carbocycles. The largest absolute Gasteiger partial charge is 0.384 e. The maximum absolute atomic E-state index is 3.58. The second-order valence-corrected chi connectivity index (χ2v) is 5.22. The molecule has 13 heavy (non-hydrogen) atoms. The van der Waals surface area contributed by atoms with Crippen molar-refractivity contribution in [2.45, 2.75) is 24.6 Å². The van der Waals surface area contributed by atoms with Crippen LogP contribution in [0.25, 0.3) is 0 Å². The Morgan fingerprint density at radius 3 is 3.15 bits per heavy atom. The van der Waals surface area contributed by atoms with Crippen molar-refractivity contribution in [3.05, 3.63) is 29.3 Å². The number of hydrogen-bond acceptors (Lipinski definition) is 1. The van der Waals surface area contributed by atoms with Crippen molar-refractivity contribution < 1.29 is 0 Å². The lowest BCUT2D eigenvalue weighted by Gasteiger charge is -2.05. The summed E-state index contributed by atoms with van der Waals surface area (Å²) in [6.07, 6.45) is 2.30. The highest BCUT2D eigenvalue weighted by Gasteiger charge is 2.10. The van der Waals surface area contributed by atoms with Gasteiger partial charge in [0.15, 0.2) is 0 Å². The van der Waals surface area contributed by atoms with E-state index in [1.54, 1.807) is 0 Å². The smallest absolute Gasteiger partial charge is 0.0373 e. The molecule has 1 N–H and O–H groups in total. The predicted molar refractivity (Wildman–Crippen MR) is 60.7 cm³/mol. The molecule has 1 nitrogen and oxygen atoms in total. The molecule has 0 saturated carbocycles. The summed E-state index contributed by atoms with van der Waals surface area (Å²) in [5.41, 5.74) is 4.24. The molecule has 0 aromatic heterocycles. The zero-order chi connectivity index (χ0) is 9.26. The van der Waals surface area contributed by atoms with Gasteiger partial charge < -0.3 is 5.32 Å². The van der Waals surface area contributed by atoms with E-state index < -0.39 is 0 Å². The average molecular weight is 240 g/mol. The van der Waals surface area contributed by atoms with Crippen LogP contribution >= 0.6 is 15.9 Å². The fourth-order valence-electron chi connectivity index (χ4n) is 1.81. The molecule has 1 aromatic rings. The molecule has 1 heterocycles.